The Kier molecular flexibility index (Phi) is 6.26. The Bertz CT molecular complexity index is 2560. The quantitative estimate of drug-likeness (QED) is 0.199. The highest BCUT2D eigenvalue weighted by atomic mass is 15.2. The molecule has 1 aromatic heterocycles. The van der Waals surface area contributed by atoms with E-state index >= 15 is 0 Å². The molecule has 2 unspecified atom stereocenters. The van der Waals surface area contributed by atoms with Gasteiger partial charge < -0.3 is 9.47 Å². The van der Waals surface area contributed by atoms with Crippen LogP contribution in [0.3, 0.4) is 0 Å². The van der Waals surface area contributed by atoms with Crippen LogP contribution in [0.15, 0.2) is 146 Å². The van der Waals surface area contributed by atoms with Gasteiger partial charge in [0.25, 0.3) is 0 Å². The summed E-state index contributed by atoms with van der Waals surface area (Å²) in [6.07, 6.45) is 8.86. The molecule has 4 heteroatoms. The molecular formula is C44H26N4. The fraction of sp³-hybridized carbons (Fsp3) is 0.0455. The Labute approximate surface area is 279 Å². The Morgan fingerprint density at radius 1 is 0.667 bits per heavy atom. The van der Waals surface area contributed by atoms with Gasteiger partial charge in [0.1, 0.15) is 6.07 Å². The van der Waals surface area contributed by atoms with Crippen molar-refractivity contribution in [3.05, 3.63) is 174 Å². The Morgan fingerprint density at radius 3 is 2.33 bits per heavy atom. The van der Waals surface area contributed by atoms with Crippen LogP contribution in [0.5, 0.6) is 0 Å². The normalized spacial score (nSPS) is 15.9. The fourth-order valence-corrected chi connectivity index (χ4v) is 7.62. The smallest absolute Gasteiger partial charge is 0.101 e. The van der Waals surface area contributed by atoms with Gasteiger partial charge in [0, 0.05) is 27.8 Å². The highest BCUT2D eigenvalue weighted by Crippen LogP contribution is 2.51. The number of benzene rings is 5. The van der Waals surface area contributed by atoms with Gasteiger partial charge in [0.2, 0.25) is 0 Å². The van der Waals surface area contributed by atoms with Crippen LogP contribution in [0.1, 0.15) is 22.6 Å². The molecule has 0 fully saturated rings. The third kappa shape index (κ3) is 4.09. The van der Waals surface area contributed by atoms with Gasteiger partial charge in [-0.25, -0.2) is 0 Å². The molecule has 4 nitrogen and oxygen atoms in total. The SMILES string of the molecule is N#Cc1ccc2c(c1)c1cccc(-c3cccc(-c4cccc5c4N(c4c#cccc4)C4C=CC=CC54)c3)c1n2-c1ccccc1C#N. The van der Waals surface area contributed by atoms with E-state index in [4.69, 9.17) is 0 Å². The lowest BCUT2D eigenvalue weighted by molar-refractivity contribution is 0.745. The van der Waals surface area contributed by atoms with E-state index < -0.39 is 0 Å². The summed E-state index contributed by atoms with van der Waals surface area (Å²) >= 11 is 0. The van der Waals surface area contributed by atoms with E-state index in [1.54, 1.807) is 0 Å². The zero-order valence-electron chi connectivity index (χ0n) is 25.8. The molecule has 0 N–H and O–H groups in total. The Hall–Kier alpha value is -6.80. The van der Waals surface area contributed by atoms with Gasteiger partial charge in [-0.2, -0.15) is 10.5 Å². The lowest BCUT2D eigenvalue weighted by Crippen LogP contribution is -2.28. The molecule has 0 radical (unpaired) electrons. The van der Waals surface area contributed by atoms with Crippen LogP contribution in [0.2, 0.25) is 0 Å². The standard InChI is InChI=1S/C44H26N4/c45-27-29-23-24-42-39(25-29)38-20-10-18-35(44(38)48(42)40-21-6-4-11-32(40)28-46)31-13-8-12-30(26-31)34-17-9-19-37-36-16-5-7-22-41(36)47(43(34)37)33-14-2-1-3-15-33/h1-2,4-14,16-26,36,41H. The topological polar surface area (TPSA) is 55.8 Å². The van der Waals surface area contributed by atoms with Crippen molar-refractivity contribution in [1.29, 1.82) is 10.5 Å². The summed E-state index contributed by atoms with van der Waals surface area (Å²) in [5, 5.41) is 21.9. The molecule has 0 saturated heterocycles. The lowest BCUT2D eigenvalue weighted by Gasteiger charge is -2.28. The van der Waals surface area contributed by atoms with E-state index in [1.807, 2.05) is 54.6 Å². The molecule has 222 valence electrons. The van der Waals surface area contributed by atoms with Crippen molar-refractivity contribution >= 4 is 33.2 Å². The van der Waals surface area contributed by atoms with Crippen LogP contribution in [0.25, 0.3) is 49.7 Å². The molecule has 0 bridgehead atoms. The first kappa shape index (κ1) is 27.5. The van der Waals surface area contributed by atoms with E-state index in [1.165, 1.54) is 11.3 Å². The number of anilines is 2. The van der Waals surface area contributed by atoms with Crippen molar-refractivity contribution in [3.8, 4) is 40.1 Å². The van der Waals surface area contributed by atoms with Gasteiger partial charge in [-0.1, -0.05) is 103 Å². The third-order valence-corrected chi connectivity index (χ3v) is 9.63. The number of nitrogens with zero attached hydrogens (tertiary/aromatic N) is 4. The van der Waals surface area contributed by atoms with Crippen LogP contribution in [0, 0.1) is 34.8 Å². The number of nitriles is 2. The Morgan fingerprint density at radius 2 is 1.48 bits per heavy atom. The van der Waals surface area contributed by atoms with Crippen molar-refractivity contribution in [3.63, 3.8) is 0 Å². The van der Waals surface area contributed by atoms with Crippen molar-refractivity contribution in [2.24, 2.45) is 0 Å². The van der Waals surface area contributed by atoms with Crippen LogP contribution < -0.4 is 4.90 Å². The van der Waals surface area contributed by atoms with Crippen molar-refractivity contribution in [1.82, 2.24) is 4.57 Å². The molecule has 2 aliphatic rings. The minimum atomic E-state index is 0.157. The molecule has 0 spiro atoms. The number of hydrogen-bond acceptors (Lipinski definition) is 3. The van der Waals surface area contributed by atoms with Crippen molar-refractivity contribution in [2.45, 2.75) is 12.0 Å². The first-order valence-corrected chi connectivity index (χ1v) is 16.0. The average molecular weight is 611 g/mol. The monoisotopic (exact) mass is 610 g/mol. The van der Waals surface area contributed by atoms with E-state index in [0.29, 0.717) is 11.1 Å². The summed E-state index contributed by atoms with van der Waals surface area (Å²) in [7, 11) is 0. The zero-order valence-corrected chi connectivity index (χ0v) is 25.8. The van der Waals surface area contributed by atoms with Gasteiger partial charge in [0.05, 0.1) is 51.3 Å². The number of hydrogen-bond donors (Lipinski definition) is 0. The predicted octanol–water partition coefficient (Wildman–Crippen LogP) is 10.2. The second-order valence-electron chi connectivity index (χ2n) is 12.2. The van der Waals surface area contributed by atoms with Gasteiger partial charge in [-0.3, -0.25) is 0 Å². The highest BCUT2D eigenvalue weighted by Gasteiger charge is 2.39. The molecule has 2 atom stereocenters. The molecule has 1 aliphatic heterocycles. The molecule has 6 aromatic carbocycles. The summed E-state index contributed by atoms with van der Waals surface area (Å²) in [5.74, 6) is 0.240. The second kappa shape index (κ2) is 10.9. The van der Waals surface area contributed by atoms with Crippen LogP contribution >= 0.6 is 0 Å². The van der Waals surface area contributed by atoms with Crippen LogP contribution in [-0.2, 0) is 0 Å². The molecule has 1 aliphatic carbocycles. The summed E-state index contributed by atoms with van der Waals surface area (Å²) < 4.78 is 2.18. The van der Waals surface area contributed by atoms with Gasteiger partial charge in [-0.05, 0) is 71.3 Å². The maximum atomic E-state index is 10.1. The number of aromatic nitrogens is 1. The lowest BCUT2D eigenvalue weighted by atomic mass is 9.89. The van der Waals surface area contributed by atoms with E-state index in [2.05, 4.69) is 125 Å². The summed E-state index contributed by atoms with van der Waals surface area (Å²) in [6.45, 7) is 0. The van der Waals surface area contributed by atoms with Crippen molar-refractivity contribution < 1.29 is 0 Å². The number of allylic oxidation sites excluding steroid dienone is 2. The van der Waals surface area contributed by atoms with E-state index in [9.17, 15) is 10.5 Å². The molecule has 0 saturated carbocycles. The minimum Gasteiger partial charge on any atom is -0.326 e. The predicted molar refractivity (Wildman–Crippen MR) is 192 cm³/mol. The molecule has 0 amide bonds. The van der Waals surface area contributed by atoms with Crippen LogP contribution in [-0.4, -0.2) is 10.6 Å². The van der Waals surface area contributed by atoms with Gasteiger partial charge >= 0.3 is 0 Å². The molecule has 9 rings (SSSR count). The molecule has 48 heavy (non-hydrogen) atoms. The highest BCUT2D eigenvalue weighted by molar-refractivity contribution is 6.14. The first-order chi connectivity index (χ1) is 23.7. The number of para-hydroxylation sites is 3. The molecule has 7 aromatic rings. The van der Waals surface area contributed by atoms with Crippen LogP contribution in [0.4, 0.5) is 11.4 Å². The van der Waals surface area contributed by atoms with E-state index in [-0.39, 0.29) is 12.0 Å². The van der Waals surface area contributed by atoms with Gasteiger partial charge in [-0.15, -0.1) is 0 Å². The minimum absolute atomic E-state index is 0.157. The second-order valence-corrected chi connectivity index (χ2v) is 12.2. The maximum Gasteiger partial charge on any atom is 0.101 e. The fourth-order valence-electron chi connectivity index (χ4n) is 7.62. The molecule has 2 heterocycles. The average Bonchev–Trinajstić information content (AvgIpc) is 3.68. The largest absolute Gasteiger partial charge is 0.326 e. The summed E-state index contributed by atoms with van der Waals surface area (Å²) in [5.41, 5.74) is 11.8. The maximum absolute atomic E-state index is 10.1. The van der Waals surface area contributed by atoms with Gasteiger partial charge in [0.15, 0.2) is 0 Å². The third-order valence-electron chi connectivity index (χ3n) is 9.63. The number of rotatable bonds is 4. The first-order valence-electron chi connectivity index (χ1n) is 16.0. The summed E-state index contributed by atoms with van der Waals surface area (Å²) in [4.78, 5) is 2.41. The number of fused-ring (bicyclic) bond motifs is 6. The zero-order chi connectivity index (χ0) is 32.2. The summed E-state index contributed by atoms with van der Waals surface area (Å²) in [6, 6.07) is 52.6. The van der Waals surface area contributed by atoms with Crippen molar-refractivity contribution in [2.75, 3.05) is 4.90 Å². The van der Waals surface area contributed by atoms with E-state index in [0.717, 1.165) is 55.4 Å². The molecular weight excluding hydrogens is 585 g/mol. The Balaban J connectivity index is 1.28.